The van der Waals surface area contributed by atoms with E-state index < -0.39 is 0 Å². The maximum atomic E-state index is 4.64. The third-order valence-corrected chi connectivity index (χ3v) is 3.86. The molecule has 0 atom stereocenters. The van der Waals surface area contributed by atoms with E-state index in [9.17, 15) is 0 Å². The predicted molar refractivity (Wildman–Crippen MR) is 81.2 cm³/mol. The highest BCUT2D eigenvalue weighted by atomic mass is 15.3. The molecule has 0 aromatic heterocycles. The monoisotopic (exact) mass is 265 g/mol. The zero-order valence-corrected chi connectivity index (χ0v) is 13.1. The molecule has 1 N–H and O–H groups in total. The molecule has 0 aliphatic carbocycles. The van der Waals surface area contributed by atoms with Gasteiger partial charge in [0.2, 0.25) is 0 Å². The van der Waals surface area contributed by atoms with Crippen LogP contribution < -0.4 is 5.32 Å². The topological polar surface area (TPSA) is 43.2 Å². The van der Waals surface area contributed by atoms with Crippen LogP contribution in [0.3, 0.4) is 0 Å². The quantitative estimate of drug-likeness (QED) is 0.818. The Morgan fingerprint density at radius 3 is 1.47 bits per heavy atom. The van der Waals surface area contributed by atoms with Gasteiger partial charge < -0.3 is 9.80 Å². The summed E-state index contributed by atoms with van der Waals surface area (Å²) in [7, 11) is 4.23. The van der Waals surface area contributed by atoms with Gasteiger partial charge in [0.15, 0.2) is 0 Å². The first-order valence-corrected chi connectivity index (χ1v) is 7.05. The lowest BCUT2D eigenvalue weighted by atomic mass is 9.94. The summed E-state index contributed by atoms with van der Waals surface area (Å²) in [6, 6.07) is 0. The van der Waals surface area contributed by atoms with Gasteiger partial charge in [-0.15, -0.1) is 0 Å². The third kappa shape index (κ3) is 2.76. The Kier molecular flexibility index (Phi) is 3.60. The number of hydrogen-bond acceptors (Lipinski definition) is 5. The van der Waals surface area contributed by atoms with Crippen molar-refractivity contribution in [3.8, 4) is 0 Å². The molecule has 0 spiro atoms. The zero-order chi connectivity index (χ0) is 14.3. The maximum Gasteiger partial charge on any atom is 0.119 e. The van der Waals surface area contributed by atoms with Gasteiger partial charge in [-0.1, -0.05) is 0 Å². The van der Waals surface area contributed by atoms with Crippen LogP contribution in [0.4, 0.5) is 0 Å². The van der Waals surface area contributed by atoms with Crippen LogP contribution >= 0.6 is 0 Å². The molecular formula is C14H27N5. The number of likely N-dealkylation sites (N-methyl/N-ethyl adjacent to an activating group) is 2. The number of nitrogens with one attached hydrogen (secondary N) is 1. The molecule has 19 heavy (non-hydrogen) atoms. The molecule has 2 aliphatic rings. The molecule has 0 amide bonds. The lowest BCUT2D eigenvalue weighted by Crippen LogP contribution is -2.63. The summed E-state index contributed by atoms with van der Waals surface area (Å²) in [5, 5.41) is 3.73. The fraction of sp³-hybridized carbons (Fsp3) is 0.857. The van der Waals surface area contributed by atoms with Gasteiger partial charge >= 0.3 is 0 Å². The molecular weight excluding hydrogens is 238 g/mol. The number of aliphatic imine (C=N–C) groups is 2. The Balaban J connectivity index is 2.15. The minimum Gasteiger partial charge on any atom is -0.360 e. The molecule has 2 heterocycles. The van der Waals surface area contributed by atoms with Crippen molar-refractivity contribution in [2.75, 3.05) is 40.3 Å². The fourth-order valence-corrected chi connectivity index (χ4v) is 3.31. The maximum absolute atomic E-state index is 4.64. The second-order valence-corrected chi connectivity index (χ2v) is 6.63. The van der Waals surface area contributed by atoms with Crippen molar-refractivity contribution < 1.29 is 0 Å². The van der Waals surface area contributed by atoms with Crippen molar-refractivity contribution in [3.05, 3.63) is 0 Å². The minimum absolute atomic E-state index is 0.152. The summed E-state index contributed by atoms with van der Waals surface area (Å²) in [5.74, 6) is 2.28. The summed E-state index contributed by atoms with van der Waals surface area (Å²) in [6.45, 7) is 12.6. The second-order valence-electron chi connectivity index (χ2n) is 6.63. The molecule has 0 bridgehead atoms. The van der Waals surface area contributed by atoms with Crippen LogP contribution in [-0.4, -0.2) is 72.8 Å². The van der Waals surface area contributed by atoms with Crippen LogP contribution in [-0.2, 0) is 0 Å². The highest BCUT2D eigenvalue weighted by Crippen LogP contribution is 2.21. The van der Waals surface area contributed by atoms with E-state index in [1.165, 1.54) is 0 Å². The summed E-state index contributed by atoms with van der Waals surface area (Å²) in [4.78, 5) is 13.8. The van der Waals surface area contributed by atoms with Crippen molar-refractivity contribution in [1.82, 2.24) is 15.1 Å². The normalized spacial score (nSPS) is 20.9. The number of rotatable bonds is 4. The summed E-state index contributed by atoms with van der Waals surface area (Å²) in [6.07, 6.45) is 0. The van der Waals surface area contributed by atoms with Crippen molar-refractivity contribution >= 4 is 11.7 Å². The van der Waals surface area contributed by atoms with Crippen molar-refractivity contribution in [1.29, 1.82) is 0 Å². The minimum atomic E-state index is -0.152. The van der Waals surface area contributed by atoms with Gasteiger partial charge in [-0.2, -0.15) is 0 Å². The van der Waals surface area contributed by atoms with Crippen LogP contribution in [0.1, 0.15) is 27.7 Å². The van der Waals surface area contributed by atoms with E-state index in [4.69, 9.17) is 0 Å². The number of hydrogen-bond donors (Lipinski definition) is 1. The highest BCUT2D eigenvalue weighted by Gasteiger charge is 2.39. The van der Waals surface area contributed by atoms with Crippen LogP contribution in [0.5, 0.6) is 0 Å². The predicted octanol–water partition coefficient (Wildman–Crippen LogP) is 0.821. The van der Waals surface area contributed by atoms with E-state index in [1.54, 1.807) is 0 Å². The van der Waals surface area contributed by atoms with Gasteiger partial charge in [0.25, 0.3) is 0 Å². The molecule has 0 saturated carbocycles. The SMILES string of the molecule is CN1CCN=C1C(C)(C)NC(C)(C)C1=NCCN1C. The van der Waals surface area contributed by atoms with Gasteiger partial charge in [-0.05, 0) is 27.7 Å². The first kappa shape index (κ1) is 14.3. The zero-order valence-electron chi connectivity index (χ0n) is 13.1. The fourth-order valence-electron chi connectivity index (χ4n) is 3.31. The second kappa shape index (κ2) is 4.78. The average molecular weight is 265 g/mol. The standard InChI is InChI=1S/C14H27N5/c1-13(2,11-15-7-9-18(11)5)17-14(3,4)12-16-8-10-19(12)6/h17H,7-10H2,1-6H3. The first-order valence-electron chi connectivity index (χ1n) is 7.05. The van der Waals surface area contributed by atoms with E-state index in [-0.39, 0.29) is 11.1 Å². The summed E-state index contributed by atoms with van der Waals surface area (Å²) < 4.78 is 0. The van der Waals surface area contributed by atoms with E-state index in [2.05, 4.69) is 66.9 Å². The Morgan fingerprint density at radius 2 is 1.21 bits per heavy atom. The Morgan fingerprint density at radius 1 is 0.842 bits per heavy atom. The van der Waals surface area contributed by atoms with Gasteiger partial charge in [0, 0.05) is 27.2 Å². The number of nitrogens with zero attached hydrogens (tertiary/aromatic N) is 4. The molecule has 5 nitrogen and oxygen atoms in total. The van der Waals surface area contributed by atoms with Crippen LogP contribution in [0, 0.1) is 0 Å². The van der Waals surface area contributed by atoms with E-state index in [1.807, 2.05) is 0 Å². The Labute approximate surface area is 116 Å². The van der Waals surface area contributed by atoms with Crippen molar-refractivity contribution in [2.45, 2.75) is 38.8 Å². The molecule has 108 valence electrons. The van der Waals surface area contributed by atoms with Gasteiger partial charge in [-0.3, -0.25) is 15.3 Å². The van der Waals surface area contributed by atoms with Gasteiger partial charge in [0.1, 0.15) is 11.7 Å². The molecule has 0 saturated heterocycles. The molecule has 0 aromatic carbocycles. The first-order chi connectivity index (χ1) is 8.74. The molecule has 0 unspecified atom stereocenters. The van der Waals surface area contributed by atoms with Crippen LogP contribution in [0.15, 0.2) is 9.98 Å². The van der Waals surface area contributed by atoms with Gasteiger partial charge in [-0.25, -0.2) is 0 Å². The number of amidine groups is 2. The molecule has 5 heteroatoms. The average Bonchev–Trinajstić information content (AvgIpc) is 2.85. The highest BCUT2D eigenvalue weighted by molar-refractivity contribution is 5.95. The molecule has 0 radical (unpaired) electrons. The van der Waals surface area contributed by atoms with Crippen molar-refractivity contribution in [2.24, 2.45) is 9.98 Å². The summed E-state index contributed by atoms with van der Waals surface area (Å²) in [5.41, 5.74) is -0.304. The van der Waals surface area contributed by atoms with Crippen LogP contribution in [0.2, 0.25) is 0 Å². The molecule has 0 fully saturated rings. The van der Waals surface area contributed by atoms with Gasteiger partial charge in [0.05, 0.1) is 24.2 Å². The molecule has 2 rings (SSSR count). The molecule has 2 aliphatic heterocycles. The van der Waals surface area contributed by atoms with E-state index in [0.717, 1.165) is 37.9 Å². The van der Waals surface area contributed by atoms with Crippen LogP contribution in [0.25, 0.3) is 0 Å². The molecule has 0 aromatic rings. The lowest BCUT2D eigenvalue weighted by Gasteiger charge is -2.40. The smallest absolute Gasteiger partial charge is 0.119 e. The summed E-state index contributed by atoms with van der Waals surface area (Å²) >= 11 is 0. The van der Waals surface area contributed by atoms with E-state index in [0.29, 0.717) is 0 Å². The van der Waals surface area contributed by atoms with Crippen molar-refractivity contribution in [3.63, 3.8) is 0 Å². The lowest BCUT2D eigenvalue weighted by molar-refractivity contribution is 0.352. The Bertz CT molecular complexity index is 370. The Hall–Kier alpha value is -1.10. The van der Waals surface area contributed by atoms with E-state index >= 15 is 0 Å². The third-order valence-electron chi connectivity index (χ3n) is 3.86. The largest absolute Gasteiger partial charge is 0.360 e.